The number of hydrogen-bond donors (Lipinski definition) is 1. The molecule has 0 aliphatic carbocycles. The van der Waals surface area contributed by atoms with E-state index >= 15 is 0 Å². The summed E-state index contributed by atoms with van der Waals surface area (Å²) in [6.45, 7) is 5.82. The maximum absolute atomic E-state index is 12.9. The molecule has 1 aliphatic heterocycles. The molecule has 0 bridgehead atoms. The Balaban J connectivity index is 2.32. The first-order valence-corrected chi connectivity index (χ1v) is 9.16. The second kappa shape index (κ2) is 6.53. The molecule has 114 valence electrons. The van der Waals surface area contributed by atoms with Crippen LogP contribution in [0.25, 0.3) is 0 Å². The Morgan fingerprint density at radius 3 is 2.95 bits per heavy atom. The molecule has 1 N–H and O–H groups in total. The highest BCUT2D eigenvalue weighted by atomic mass is 32.2. The van der Waals surface area contributed by atoms with Gasteiger partial charge in [0.15, 0.2) is 0 Å². The van der Waals surface area contributed by atoms with Gasteiger partial charge in [0.25, 0.3) is 0 Å². The van der Waals surface area contributed by atoms with Gasteiger partial charge >= 0.3 is 0 Å². The molecule has 7 heteroatoms. The van der Waals surface area contributed by atoms with Gasteiger partial charge in [-0.3, -0.25) is 0 Å². The second-order valence-electron chi connectivity index (χ2n) is 4.97. The van der Waals surface area contributed by atoms with E-state index in [1.54, 1.807) is 4.31 Å². The molecule has 5 nitrogen and oxygen atoms in total. The first-order chi connectivity index (χ1) is 9.50. The molecule has 0 amide bonds. The molecular formula is C13H22N2O3S2. The van der Waals surface area contributed by atoms with Crippen molar-refractivity contribution in [3.05, 3.63) is 15.8 Å². The van der Waals surface area contributed by atoms with Crippen LogP contribution in [0.2, 0.25) is 0 Å². The largest absolute Gasteiger partial charge is 0.375 e. The van der Waals surface area contributed by atoms with Crippen LogP contribution in [-0.4, -0.2) is 45.6 Å². The predicted octanol–water partition coefficient (Wildman–Crippen LogP) is 1.58. The number of nitrogens with zero attached hydrogens (tertiary/aromatic N) is 1. The van der Waals surface area contributed by atoms with Gasteiger partial charge in [-0.1, -0.05) is 6.92 Å². The first-order valence-electron chi connectivity index (χ1n) is 6.84. The SMILES string of the molecule is CCC1CN(S(=O)(=O)c2c(C)csc2CNC)CCO1. The molecule has 1 aliphatic rings. The van der Waals surface area contributed by atoms with E-state index in [2.05, 4.69) is 5.32 Å². The van der Waals surface area contributed by atoms with E-state index in [1.165, 1.54) is 11.3 Å². The molecule has 20 heavy (non-hydrogen) atoms. The highest BCUT2D eigenvalue weighted by molar-refractivity contribution is 7.89. The van der Waals surface area contributed by atoms with E-state index < -0.39 is 10.0 Å². The van der Waals surface area contributed by atoms with E-state index in [0.29, 0.717) is 31.1 Å². The minimum Gasteiger partial charge on any atom is -0.375 e. The lowest BCUT2D eigenvalue weighted by atomic mass is 10.2. The van der Waals surface area contributed by atoms with Crippen molar-refractivity contribution in [1.82, 2.24) is 9.62 Å². The topological polar surface area (TPSA) is 58.6 Å². The summed E-state index contributed by atoms with van der Waals surface area (Å²) in [5.41, 5.74) is 0.833. The van der Waals surface area contributed by atoms with Crippen LogP contribution in [0.4, 0.5) is 0 Å². The van der Waals surface area contributed by atoms with Crippen molar-refractivity contribution < 1.29 is 13.2 Å². The van der Waals surface area contributed by atoms with Crippen molar-refractivity contribution in [1.29, 1.82) is 0 Å². The lowest BCUT2D eigenvalue weighted by Gasteiger charge is -2.32. The fourth-order valence-electron chi connectivity index (χ4n) is 2.40. The average molecular weight is 318 g/mol. The predicted molar refractivity (Wildman–Crippen MR) is 80.6 cm³/mol. The van der Waals surface area contributed by atoms with Gasteiger partial charge < -0.3 is 10.1 Å². The Kier molecular flexibility index (Phi) is 5.19. The smallest absolute Gasteiger partial charge is 0.244 e. The molecule has 1 aromatic heterocycles. The van der Waals surface area contributed by atoms with Gasteiger partial charge in [-0.25, -0.2) is 8.42 Å². The first kappa shape index (κ1) is 15.9. The summed E-state index contributed by atoms with van der Waals surface area (Å²) in [5.74, 6) is 0. The van der Waals surface area contributed by atoms with E-state index in [9.17, 15) is 8.42 Å². The van der Waals surface area contributed by atoms with Crippen LogP contribution in [-0.2, 0) is 21.3 Å². The molecule has 0 saturated carbocycles. The van der Waals surface area contributed by atoms with Crippen LogP contribution in [0.3, 0.4) is 0 Å². The van der Waals surface area contributed by atoms with Crippen molar-refractivity contribution in [2.75, 3.05) is 26.7 Å². The minimum absolute atomic E-state index is 0.00483. The molecule has 0 aromatic carbocycles. The molecule has 1 unspecified atom stereocenters. The zero-order chi connectivity index (χ0) is 14.8. The van der Waals surface area contributed by atoms with Crippen molar-refractivity contribution in [2.24, 2.45) is 0 Å². The third-order valence-corrected chi connectivity index (χ3v) is 6.81. The number of aryl methyl sites for hydroxylation is 1. The van der Waals surface area contributed by atoms with Gasteiger partial charge in [-0.2, -0.15) is 4.31 Å². The Labute approximate surface area is 125 Å². The second-order valence-corrected chi connectivity index (χ2v) is 7.80. The number of thiophene rings is 1. The maximum Gasteiger partial charge on any atom is 0.244 e. The molecule has 2 heterocycles. The summed E-state index contributed by atoms with van der Waals surface area (Å²) in [7, 11) is -1.59. The van der Waals surface area contributed by atoms with Crippen molar-refractivity contribution in [3.63, 3.8) is 0 Å². The molecule has 1 aromatic rings. The van der Waals surface area contributed by atoms with Gasteiger partial charge in [0.05, 0.1) is 12.7 Å². The Morgan fingerprint density at radius 1 is 1.55 bits per heavy atom. The number of hydrogen-bond acceptors (Lipinski definition) is 5. The molecular weight excluding hydrogens is 296 g/mol. The quantitative estimate of drug-likeness (QED) is 0.895. The van der Waals surface area contributed by atoms with Crippen LogP contribution >= 0.6 is 11.3 Å². The summed E-state index contributed by atoms with van der Waals surface area (Å²) in [6, 6.07) is 0. The van der Waals surface area contributed by atoms with E-state index in [-0.39, 0.29) is 6.10 Å². The number of sulfonamides is 1. The lowest BCUT2D eigenvalue weighted by Crippen LogP contribution is -2.45. The maximum atomic E-state index is 12.9. The molecule has 0 radical (unpaired) electrons. The summed E-state index contributed by atoms with van der Waals surface area (Å²) < 4.78 is 32.9. The number of rotatable bonds is 5. The van der Waals surface area contributed by atoms with E-state index in [4.69, 9.17) is 4.74 Å². The zero-order valence-corrected chi connectivity index (χ0v) is 13.8. The van der Waals surface area contributed by atoms with Crippen LogP contribution in [0, 0.1) is 6.92 Å². The van der Waals surface area contributed by atoms with Gasteiger partial charge in [0.1, 0.15) is 4.90 Å². The van der Waals surface area contributed by atoms with Crippen LogP contribution < -0.4 is 5.32 Å². The Morgan fingerprint density at radius 2 is 2.30 bits per heavy atom. The molecule has 1 fully saturated rings. The third-order valence-electron chi connectivity index (χ3n) is 3.48. The normalized spacial score (nSPS) is 21.2. The van der Waals surface area contributed by atoms with Gasteiger partial charge in [-0.05, 0) is 31.3 Å². The summed E-state index contributed by atoms with van der Waals surface area (Å²) >= 11 is 1.50. The van der Waals surface area contributed by atoms with E-state index in [1.807, 2.05) is 26.3 Å². The van der Waals surface area contributed by atoms with Gasteiger partial charge in [0, 0.05) is 24.5 Å². The number of ether oxygens (including phenoxy) is 1. The monoisotopic (exact) mass is 318 g/mol. The highest BCUT2D eigenvalue weighted by Gasteiger charge is 2.33. The summed E-state index contributed by atoms with van der Waals surface area (Å²) in [4.78, 5) is 1.36. The molecule has 2 rings (SSSR count). The van der Waals surface area contributed by atoms with Gasteiger partial charge in [-0.15, -0.1) is 11.3 Å². The Bertz CT molecular complexity index is 554. The summed E-state index contributed by atoms with van der Waals surface area (Å²) in [6.07, 6.45) is 0.836. The standard InChI is InChI=1S/C13H22N2O3S2/c1-4-11-8-15(5-6-18-11)20(16,17)13-10(2)9-19-12(13)7-14-3/h9,11,14H,4-8H2,1-3H3. The Hall–Kier alpha value is -0.470. The van der Waals surface area contributed by atoms with Crippen molar-refractivity contribution >= 4 is 21.4 Å². The fourth-order valence-corrected chi connectivity index (χ4v) is 5.63. The van der Waals surface area contributed by atoms with Crippen LogP contribution in [0.15, 0.2) is 10.3 Å². The third kappa shape index (κ3) is 3.07. The number of nitrogens with one attached hydrogen (secondary N) is 1. The van der Waals surface area contributed by atoms with Crippen LogP contribution in [0.5, 0.6) is 0 Å². The fraction of sp³-hybridized carbons (Fsp3) is 0.692. The van der Waals surface area contributed by atoms with Crippen LogP contribution in [0.1, 0.15) is 23.8 Å². The molecule has 1 atom stereocenters. The van der Waals surface area contributed by atoms with E-state index in [0.717, 1.165) is 16.9 Å². The van der Waals surface area contributed by atoms with Gasteiger partial charge in [0.2, 0.25) is 10.0 Å². The highest BCUT2D eigenvalue weighted by Crippen LogP contribution is 2.30. The average Bonchev–Trinajstić information content (AvgIpc) is 2.81. The molecule has 1 saturated heterocycles. The molecule has 0 spiro atoms. The summed E-state index contributed by atoms with van der Waals surface area (Å²) in [5, 5.41) is 4.95. The van der Waals surface area contributed by atoms with Crippen molar-refractivity contribution in [2.45, 2.75) is 37.8 Å². The minimum atomic E-state index is -3.42. The lowest BCUT2D eigenvalue weighted by molar-refractivity contribution is -0.00279. The zero-order valence-electron chi connectivity index (χ0n) is 12.2. The van der Waals surface area contributed by atoms with Crippen molar-refractivity contribution in [3.8, 4) is 0 Å². The number of morpholine rings is 1.